The van der Waals surface area contributed by atoms with Crippen LogP contribution in [0.2, 0.25) is 0 Å². The number of nitrogens with two attached hydrogens (primary N) is 1. The van der Waals surface area contributed by atoms with Crippen LogP contribution in [0, 0.1) is 0 Å². The molecule has 0 radical (unpaired) electrons. The molecule has 1 aromatic heterocycles. The second kappa shape index (κ2) is 7.26. The van der Waals surface area contributed by atoms with Gasteiger partial charge in [-0.2, -0.15) is 5.10 Å². The highest BCUT2D eigenvalue weighted by atomic mass is 79.9. The Balaban J connectivity index is 1.99. The lowest BCUT2D eigenvalue weighted by Crippen LogP contribution is -2.24. The van der Waals surface area contributed by atoms with Gasteiger partial charge in [-0.1, -0.05) is 19.1 Å². The molecule has 1 heterocycles. The van der Waals surface area contributed by atoms with Gasteiger partial charge in [0.1, 0.15) is 4.47 Å². The maximum atomic E-state index is 12.0. The lowest BCUT2D eigenvalue weighted by molar-refractivity contribution is 0.566. The molecule has 0 fully saturated rings. The predicted octanol–water partition coefficient (Wildman–Crippen LogP) is 2.65. The summed E-state index contributed by atoms with van der Waals surface area (Å²) in [5.41, 5.74) is 8.23. The monoisotopic (exact) mass is 350 g/mol. The fraction of sp³-hybridized carbons (Fsp3) is 0.333. The van der Waals surface area contributed by atoms with Crippen LogP contribution in [0.25, 0.3) is 0 Å². The molecule has 2 rings (SSSR count). The van der Waals surface area contributed by atoms with E-state index < -0.39 is 0 Å². The number of aryl methyl sites for hydroxylation is 1. The van der Waals surface area contributed by atoms with Gasteiger partial charge in [0.15, 0.2) is 0 Å². The summed E-state index contributed by atoms with van der Waals surface area (Å²) in [6.45, 7) is 3.37. The first-order valence-corrected chi connectivity index (χ1v) is 7.75. The average molecular weight is 351 g/mol. The number of halogens is 1. The van der Waals surface area contributed by atoms with E-state index in [2.05, 4.69) is 26.3 Å². The standard InChI is InChI=1S/C15H19BrN4O/c1-2-9-20-15(21)14(16)13(10-19-20)18-8-7-11-3-5-12(17)6-4-11/h3-6,10,18H,2,7-9,17H2,1H3. The quantitative estimate of drug-likeness (QED) is 0.785. The third kappa shape index (κ3) is 4.07. The number of nitrogens with zero attached hydrogens (tertiary/aromatic N) is 2. The minimum absolute atomic E-state index is 0.102. The van der Waals surface area contributed by atoms with E-state index in [1.165, 1.54) is 10.2 Å². The van der Waals surface area contributed by atoms with Gasteiger partial charge in [0.05, 0.1) is 11.9 Å². The van der Waals surface area contributed by atoms with E-state index in [4.69, 9.17) is 5.73 Å². The first kappa shape index (κ1) is 15.6. The van der Waals surface area contributed by atoms with Crippen molar-refractivity contribution in [2.24, 2.45) is 0 Å². The van der Waals surface area contributed by atoms with Gasteiger partial charge in [-0.3, -0.25) is 4.79 Å². The molecule has 0 aliphatic heterocycles. The van der Waals surface area contributed by atoms with Gasteiger partial charge in [0.2, 0.25) is 0 Å². The highest BCUT2D eigenvalue weighted by Crippen LogP contribution is 2.16. The molecule has 6 heteroatoms. The van der Waals surface area contributed by atoms with Crippen molar-refractivity contribution in [2.45, 2.75) is 26.3 Å². The molecular weight excluding hydrogens is 332 g/mol. The summed E-state index contributed by atoms with van der Waals surface area (Å²) >= 11 is 3.34. The summed E-state index contributed by atoms with van der Waals surface area (Å²) in [6, 6.07) is 7.78. The molecule has 2 aromatic rings. The summed E-state index contributed by atoms with van der Waals surface area (Å²) in [4.78, 5) is 12.0. The van der Waals surface area contributed by atoms with Crippen LogP contribution in [-0.2, 0) is 13.0 Å². The molecule has 3 N–H and O–H groups in total. The Kier molecular flexibility index (Phi) is 5.38. The molecule has 0 spiro atoms. The SMILES string of the molecule is CCCn1ncc(NCCc2ccc(N)cc2)c(Br)c1=O. The molecule has 0 unspecified atom stereocenters. The van der Waals surface area contributed by atoms with E-state index in [-0.39, 0.29) is 5.56 Å². The van der Waals surface area contributed by atoms with Gasteiger partial charge in [-0.05, 0) is 46.5 Å². The molecule has 5 nitrogen and oxygen atoms in total. The Hall–Kier alpha value is -1.82. The van der Waals surface area contributed by atoms with Gasteiger partial charge < -0.3 is 11.1 Å². The second-order valence-corrected chi connectivity index (χ2v) is 5.61. The van der Waals surface area contributed by atoms with Crippen molar-refractivity contribution in [3.8, 4) is 0 Å². The van der Waals surface area contributed by atoms with Crippen LogP contribution in [0.4, 0.5) is 11.4 Å². The summed E-state index contributed by atoms with van der Waals surface area (Å²) < 4.78 is 2.00. The average Bonchev–Trinajstić information content (AvgIpc) is 2.48. The first-order valence-electron chi connectivity index (χ1n) is 6.95. The van der Waals surface area contributed by atoms with Crippen molar-refractivity contribution in [1.29, 1.82) is 0 Å². The van der Waals surface area contributed by atoms with Crippen LogP contribution in [0.3, 0.4) is 0 Å². The Morgan fingerprint density at radius 2 is 2.05 bits per heavy atom. The zero-order chi connectivity index (χ0) is 15.2. The van der Waals surface area contributed by atoms with E-state index in [0.717, 1.165) is 30.8 Å². The fourth-order valence-corrected chi connectivity index (χ4v) is 2.43. The number of benzene rings is 1. The largest absolute Gasteiger partial charge is 0.399 e. The normalized spacial score (nSPS) is 10.6. The molecule has 0 amide bonds. The molecular formula is C15H19BrN4O. The predicted molar refractivity (Wildman–Crippen MR) is 89.5 cm³/mol. The van der Waals surface area contributed by atoms with Gasteiger partial charge in [-0.25, -0.2) is 4.68 Å². The maximum absolute atomic E-state index is 12.0. The summed E-state index contributed by atoms with van der Waals surface area (Å²) in [6.07, 6.45) is 3.41. The van der Waals surface area contributed by atoms with Gasteiger partial charge in [-0.15, -0.1) is 0 Å². The van der Waals surface area contributed by atoms with Crippen LogP contribution in [0.5, 0.6) is 0 Å². The minimum atomic E-state index is -0.102. The smallest absolute Gasteiger partial charge is 0.283 e. The zero-order valence-corrected chi connectivity index (χ0v) is 13.6. The Morgan fingerprint density at radius 1 is 1.33 bits per heavy atom. The van der Waals surface area contributed by atoms with Crippen molar-refractivity contribution >= 4 is 27.3 Å². The fourth-order valence-electron chi connectivity index (χ4n) is 1.99. The number of nitrogens with one attached hydrogen (secondary N) is 1. The van der Waals surface area contributed by atoms with Crippen molar-refractivity contribution in [3.05, 3.63) is 50.9 Å². The van der Waals surface area contributed by atoms with Crippen molar-refractivity contribution < 1.29 is 0 Å². The van der Waals surface area contributed by atoms with Gasteiger partial charge >= 0.3 is 0 Å². The number of aromatic nitrogens is 2. The molecule has 0 aliphatic carbocycles. The van der Waals surface area contributed by atoms with Crippen molar-refractivity contribution in [2.75, 3.05) is 17.6 Å². The number of rotatable bonds is 6. The van der Waals surface area contributed by atoms with E-state index in [1.54, 1.807) is 6.20 Å². The number of anilines is 2. The summed E-state index contributed by atoms with van der Waals surface area (Å²) in [7, 11) is 0. The summed E-state index contributed by atoms with van der Waals surface area (Å²) in [5, 5.41) is 7.39. The number of hydrogen-bond donors (Lipinski definition) is 2. The molecule has 0 saturated heterocycles. The Bertz CT molecular complexity index is 652. The molecule has 0 bridgehead atoms. The van der Waals surface area contributed by atoms with Crippen LogP contribution in [0.15, 0.2) is 39.7 Å². The Labute approximate surface area is 132 Å². The highest BCUT2D eigenvalue weighted by molar-refractivity contribution is 9.10. The second-order valence-electron chi connectivity index (χ2n) is 4.82. The lowest BCUT2D eigenvalue weighted by atomic mass is 10.1. The van der Waals surface area contributed by atoms with Crippen molar-refractivity contribution in [1.82, 2.24) is 9.78 Å². The summed E-state index contributed by atoms with van der Waals surface area (Å²) in [5.74, 6) is 0. The Morgan fingerprint density at radius 3 is 2.71 bits per heavy atom. The topological polar surface area (TPSA) is 72.9 Å². The van der Waals surface area contributed by atoms with Crippen LogP contribution >= 0.6 is 15.9 Å². The highest BCUT2D eigenvalue weighted by Gasteiger charge is 2.07. The molecule has 0 aliphatic rings. The molecule has 1 aromatic carbocycles. The maximum Gasteiger partial charge on any atom is 0.283 e. The van der Waals surface area contributed by atoms with Crippen LogP contribution < -0.4 is 16.6 Å². The van der Waals surface area contributed by atoms with E-state index in [0.29, 0.717) is 11.0 Å². The van der Waals surface area contributed by atoms with E-state index in [1.807, 2.05) is 31.2 Å². The van der Waals surface area contributed by atoms with Crippen LogP contribution in [0.1, 0.15) is 18.9 Å². The minimum Gasteiger partial charge on any atom is -0.399 e. The van der Waals surface area contributed by atoms with Gasteiger partial charge in [0.25, 0.3) is 5.56 Å². The van der Waals surface area contributed by atoms with Crippen molar-refractivity contribution in [3.63, 3.8) is 0 Å². The zero-order valence-electron chi connectivity index (χ0n) is 12.0. The number of hydrogen-bond acceptors (Lipinski definition) is 4. The molecule has 0 atom stereocenters. The van der Waals surface area contributed by atoms with Gasteiger partial charge in [0, 0.05) is 18.8 Å². The molecule has 0 saturated carbocycles. The van der Waals surface area contributed by atoms with E-state index >= 15 is 0 Å². The third-order valence-electron chi connectivity index (χ3n) is 3.13. The lowest BCUT2D eigenvalue weighted by Gasteiger charge is -2.10. The first-order chi connectivity index (χ1) is 10.1. The van der Waals surface area contributed by atoms with Crippen LogP contribution in [-0.4, -0.2) is 16.3 Å². The van der Waals surface area contributed by atoms with E-state index in [9.17, 15) is 4.79 Å². The third-order valence-corrected chi connectivity index (χ3v) is 3.90. The molecule has 21 heavy (non-hydrogen) atoms. The molecule has 112 valence electrons. The number of nitrogen functional groups attached to an aromatic ring is 1.